The summed E-state index contributed by atoms with van der Waals surface area (Å²) in [6, 6.07) is 6.33. The molecule has 1 atom stereocenters. The van der Waals surface area contributed by atoms with E-state index >= 15 is 0 Å². The Balaban J connectivity index is 0. The van der Waals surface area contributed by atoms with E-state index in [9.17, 15) is 8.78 Å². The van der Waals surface area contributed by atoms with Gasteiger partial charge in [0.2, 0.25) is 0 Å². The van der Waals surface area contributed by atoms with Crippen molar-refractivity contribution >= 4 is 21.9 Å². The van der Waals surface area contributed by atoms with E-state index in [0.717, 1.165) is 11.0 Å². The molecule has 0 aliphatic carbocycles. The molecule has 1 unspecified atom stereocenters. The lowest BCUT2D eigenvalue weighted by atomic mass is 10.1. The zero-order valence-electron chi connectivity index (χ0n) is 16.9. The number of halogens is 2. The first kappa shape index (κ1) is 27.0. The van der Waals surface area contributed by atoms with Crippen molar-refractivity contribution in [1.82, 2.24) is 0 Å². The summed E-state index contributed by atoms with van der Waals surface area (Å²) in [5, 5.41) is 0.192. The average molecular weight is 399 g/mol. The Kier molecular flexibility index (Phi) is 16.7. The smallest absolute Gasteiger partial charge is 0.165 e. The summed E-state index contributed by atoms with van der Waals surface area (Å²) in [5.74, 6) is -1.76. The number of benzene rings is 1. The average Bonchev–Trinajstić information content (AvgIpc) is 2.59. The third-order valence-electron chi connectivity index (χ3n) is 3.03. The van der Waals surface area contributed by atoms with E-state index in [-0.39, 0.29) is 5.31 Å². The monoisotopic (exact) mass is 398 g/mol. The van der Waals surface area contributed by atoms with E-state index < -0.39 is 11.7 Å². The molecule has 146 valence electrons. The molecule has 0 spiro atoms. The first-order valence-corrected chi connectivity index (χ1v) is 9.84. The molecule has 0 heterocycles. The number of rotatable bonds is 5. The van der Waals surface area contributed by atoms with Crippen molar-refractivity contribution in [2.75, 3.05) is 0 Å². The van der Waals surface area contributed by atoms with Crippen molar-refractivity contribution in [3.63, 3.8) is 0 Å². The Morgan fingerprint density at radius 1 is 1.27 bits per heavy atom. The van der Waals surface area contributed by atoms with E-state index in [1.165, 1.54) is 30.0 Å². The summed E-state index contributed by atoms with van der Waals surface area (Å²) in [6.07, 6.45) is 6.54. The fraction of sp³-hybridized carbons (Fsp3) is 0.364. The van der Waals surface area contributed by atoms with Crippen molar-refractivity contribution in [2.24, 2.45) is 0 Å². The normalized spacial score (nSPS) is 11.8. The zero-order valence-corrected chi connectivity index (χ0v) is 18.9. The maximum absolute atomic E-state index is 13.1. The molecule has 0 N–H and O–H groups in total. The zero-order chi connectivity index (χ0) is 20.7. The lowest BCUT2D eigenvalue weighted by Crippen LogP contribution is -1.87. The molecule has 1 aromatic carbocycles. The second kappa shape index (κ2) is 16.0. The molecule has 0 aromatic heterocycles. The molecule has 26 heavy (non-hydrogen) atoms. The van der Waals surface area contributed by atoms with Gasteiger partial charge in [-0.25, -0.2) is 8.78 Å². The van der Waals surface area contributed by atoms with Gasteiger partial charge in [-0.2, -0.15) is 0 Å². The Labute approximate surface area is 166 Å². The van der Waals surface area contributed by atoms with Gasteiger partial charge in [0.05, 0.1) is 0 Å². The molecule has 1 aromatic rings. The van der Waals surface area contributed by atoms with Crippen molar-refractivity contribution < 1.29 is 8.78 Å². The Hall–Kier alpha value is -1.18. The predicted molar refractivity (Wildman–Crippen MR) is 120 cm³/mol. The van der Waals surface area contributed by atoms with Gasteiger partial charge in [-0.05, 0) is 56.5 Å². The van der Waals surface area contributed by atoms with Gasteiger partial charge in [-0.1, -0.05) is 57.6 Å². The van der Waals surface area contributed by atoms with Crippen molar-refractivity contribution in [3.05, 3.63) is 76.7 Å². The molecule has 0 amide bonds. The molecule has 0 bridgehead atoms. The van der Waals surface area contributed by atoms with Crippen molar-refractivity contribution in [3.8, 4) is 0 Å². The highest BCUT2D eigenvalue weighted by atomic mass is 32.1. The summed E-state index contributed by atoms with van der Waals surface area (Å²) in [7, 11) is 2.13. The van der Waals surface area contributed by atoms with Crippen molar-refractivity contribution in [1.29, 1.82) is 0 Å². The van der Waals surface area contributed by atoms with Gasteiger partial charge < -0.3 is 0 Å². The lowest BCUT2D eigenvalue weighted by Gasteiger charge is -2.03. The topological polar surface area (TPSA) is 0 Å². The van der Waals surface area contributed by atoms with Gasteiger partial charge in [0, 0.05) is 10.2 Å². The van der Waals surface area contributed by atoms with Crippen LogP contribution in [-0.2, 0) is 6.42 Å². The van der Waals surface area contributed by atoms with Crippen LogP contribution in [0.4, 0.5) is 8.78 Å². The molecule has 0 radical (unpaired) electrons. The summed E-state index contributed by atoms with van der Waals surface area (Å²) >= 11 is 4.29. The summed E-state index contributed by atoms with van der Waals surface area (Å²) in [4.78, 5) is 1.07. The number of aryl methyl sites for hydroxylation is 2. The van der Waals surface area contributed by atoms with E-state index in [1.807, 2.05) is 19.9 Å². The van der Waals surface area contributed by atoms with E-state index in [4.69, 9.17) is 0 Å². The number of hydrogen-bond acceptors (Lipinski definition) is 1. The minimum Gasteiger partial charge on any atom is -0.204 e. The van der Waals surface area contributed by atoms with Crippen molar-refractivity contribution in [2.45, 2.75) is 59.3 Å². The molecule has 0 aliphatic heterocycles. The molecule has 1 rings (SSSR count). The van der Waals surface area contributed by atoms with E-state index in [0.29, 0.717) is 5.57 Å². The third kappa shape index (κ3) is 12.2. The standard InChI is InChI=1S/C10H13F2P.C10H14S.C2H6/c1-4-5-9(13)10(12)8(11)6-7(2)3;1-3-4-9-7-10(11)6-5-8(9)2;1-2/h4-6H,2,13H2,1,3H3;5-7,11H,3-4H2,1-2H3;1-2H3/b5-4-,8-6-,10-9-;;. The Bertz CT molecular complexity index is 644. The van der Waals surface area contributed by atoms with Crippen LogP contribution in [0.2, 0.25) is 0 Å². The van der Waals surface area contributed by atoms with Gasteiger partial charge in [0.25, 0.3) is 0 Å². The molecule has 0 nitrogen and oxygen atoms in total. The molecule has 4 heteroatoms. The second-order valence-corrected chi connectivity index (χ2v) is 6.61. The van der Waals surface area contributed by atoms with E-state index in [1.54, 1.807) is 19.9 Å². The SMILES string of the molecule is C=C(C)/C=C(F)/C(F)=C(P)\C=C/C.CC.CCCc1cc(S)ccc1C. The highest BCUT2D eigenvalue weighted by molar-refractivity contribution is 7.80. The van der Waals surface area contributed by atoms with Crippen LogP contribution in [0, 0.1) is 6.92 Å². The fourth-order valence-electron chi connectivity index (χ4n) is 1.87. The third-order valence-corrected chi connectivity index (χ3v) is 3.76. The molecular weight excluding hydrogens is 365 g/mol. The Morgan fingerprint density at radius 2 is 1.85 bits per heavy atom. The van der Waals surface area contributed by atoms with Crippen LogP contribution in [0.5, 0.6) is 0 Å². The van der Waals surface area contributed by atoms with Crippen LogP contribution >= 0.6 is 21.9 Å². The van der Waals surface area contributed by atoms with Crippen LogP contribution in [0.25, 0.3) is 0 Å². The molecule has 0 saturated heterocycles. The van der Waals surface area contributed by atoms with Gasteiger partial charge in [-0.15, -0.1) is 21.9 Å². The molecule has 0 fully saturated rings. The van der Waals surface area contributed by atoms with Crippen LogP contribution in [0.15, 0.2) is 70.4 Å². The summed E-state index contributed by atoms with van der Waals surface area (Å²) in [5.41, 5.74) is 3.29. The first-order chi connectivity index (χ1) is 12.2. The van der Waals surface area contributed by atoms with Gasteiger partial charge >= 0.3 is 0 Å². The van der Waals surface area contributed by atoms with Crippen LogP contribution < -0.4 is 0 Å². The van der Waals surface area contributed by atoms with Gasteiger partial charge in [0.15, 0.2) is 11.7 Å². The molecular formula is C22H33F2PS. The predicted octanol–water partition coefficient (Wildman–Crippen LogP) is 8.31. The number of allylic oxidation sites excluding steroid dienone is 7. The maximum Gasteiger partial charge on any atom is 0.165 e. The minimum absolute atomic E-state index is 0.192. The maximum atomic E-state index is 13.1. The van der Waals surface area contributed by atoms with E-state index in [2.05, 4.69) is 54.4 Å². The fourth-order valence-corrected chi connectivity index (χ4v) is 2.43. The lowest BCUT2D eigenvalue weighted by molar-refractivity contribution is 0.543. The first-order valence-electron chi connectivity index (χ1n) is 8.82. The highest BCUT2D eigenvalue weighted by Gasteiger charge is 2.05. The quantitative estimate of drug-likeness (QED) is 0.288. The minimum atomic E-state index is -0.893. The summed E-state index contributed by atoms with van der Waals surface area (Å²) in [6.45, 7) is 15.1. The number of thiol groups is 1. The molecule has 0 saturated carbocycles. The largest absolute Gasteiger partial charge is 0.204 e. The summed E-state index contributed by atoms with van der Waals surface area (Å²) < 4.78 is 26.0. The van der Waals surface area contributed by atoms with Gasteiger partial charge in [0.1, 0.15) is 0 Å². The molecule has 0 aliphatic rings. The Morgan fingerprint density at radius 3 is 2.31 bits per heavy atom. The van der Waals surface area contributed by atoms with Crippen LogP contribution in [-0.4, -0.2) is 0 Å². The van der Waals surface area contributed by atoms with Crippen LogP contribution in [0.1, 0.15) is 52.2 Å². The van der Waals surface area contributed by atoms with Gasteiger partial charge in [-0.3, -0.25) is 0 Å². The highest BCUT2D eigenvalue weighted by Crippen LogP contribution is 2.24. The second-order valence-electron chi connectivity index (χ2n) is 5.47. The van der Waals surface area contributed by atoms with Crippen LogP contribution in [0.3, 0.4) is 0 Å². The number of hydrogen-bond donors (Lipinski definition) is 1.